The second kappa shape index (κ2) is 4.12. The van der Waals surface area contributed by atoms with Gasteiger partial charge >= 0.3 is 0 Å². The fraction of sp³-hybridized carbons (Fsp3) is 0.500. The Kier molecular flexibility index (Phi) is 2.81. The number of nitro benzene ring substituents is 1. The van der Waals surface area contributed by atoms with Crippen LogP contribution in [-0.4, -0.2) is 11.0 Å². The van der Waals surface area contributed by atoms with Gasteiger partial charge in [-0.15, -0.1) is 0 Å². The Balaban J connectivity index is 2.21. The van der Waals surface area contributed by atoms with Crippen molar-refractivity contribution in [1.29, 1.82) is 0 Å². The van der Waals surface area contributed by atoms with Crippen LogP contribution in [0.2, 0.25) is 0 Å². The monoisotopic (exact) mass is 220 g/mol. The van der Waals surface area contributed by atoms with E-state index < -0.39 is 0 Å². The maximum absolute atomic E-state index is 10.9. The summed E-state index contributed by atoms with van der Waals surface area (Å²) in [5.74, 6) is 0.681. The van der Waals surface area contributed by atoms with Gasteiger partial charge in [-0.1, -0.05) is 6.07 Å². The molecule has 1 aliphatic rings. The largest absolute Gasteiger partial charge is 0.377 e. The number of nitrogens with zero attached hydrogens (tertiary/aromatic N) is 1. The number of nitrogens with one attached hydrogen (secondary N) is 1. The van der Waals surface area contributed by atoms with E-state index in [2.05, 4.69) is 12.2 Å². The van der Waals surface area contributed by atoms with Crippen LogP contribution in [0, 0.1) is 23.0 Å². The molecule has 1 aromatic rings. The van der Waals surface area contributed by atoms with Crippen LogP contribution in [0.4, 0.5) is 11.4 Å². The summed E-state index contributed by atoms with van der Waals surface area (Å²) in [5.41, 5.74) is 1.72. The van der Waals surface area contributed by atoms with Crippen molar-refractivity contribution < 1.29 is 4.92 Å². The molecular formula is C12H16N2O2. The van der Waals surface area contributed by atoms with Crippen molar-refractivity contribution in [2.75, 3.05) is 5.32 Å². The molecule has 1 atom stereocenters. The first-order chi connectivity index (χ1) is 7.58. The lowest BCUT2D eigenvalue weighted by Crippen LogP contribution is -2.18. The van der Waals surface area contributed by atoms with Crippen molar-refractivity contribution in [3.8, 4) is 0 Å². The van der Waals surface area contributed by atoms with E-state index in [1.54, 1.807) is 12.1 Å². The lowest BCUT2D eigenvalue weighted by Gasteiger charge is -2.14. The van der Waals surface area contributed by atoms with E-state index >= 15 is 0 Å². The summed E-state index contributed by atoms with van der Waals surface area (Å²) in [7, 11) is 0. The molecular weight excluding hydrogens is 204 g/mol. The number of aryl methyl sites for hydroxylation is 1. The first-order valence-electron chi connectivity index (χ1n) is 5.59. The van der Waals surface area contributed by atoms with Crippen molar-refractivity contribution in [1.82, 2.24) is 0 Å². The average Bonchev–Trinajstić information content (AvgIpc) is 3.03. The highest BCUT2D eigenvalue weighted by atomic mass is 16.6. The van der Waals surface area contributed by atoms with Crippen LogP contribution in [0.15, 0.2) is 18.2 Å². The maximum Gasteiger partial charge on any atom is 0.292 e. The third-order valence-corrected chi connectivity index (χ3v) is 3.06. The highest BCUT2D eigenvalue weighted by molar-refractivity contribution is 5.63. The van der Waals surface area contributed by atoms with Crippen molar-refractivity contribution in [2.24, 2.45) is 5.92 Å². The number of hydrogen-bond acceptors (Lipinski definition) is 3. The third kappa shape index (κ3) is 2.32. The van der Waals surface area contributed by atoms with Gasteiger partial charge < -0.3 is 5.32 Å². The third-order valence-electron chi connectivity index (χ3n) is 3.06. The minimum Gasteiger partial charge on any atom is -0.377 e. The summed E-state index contributed by atoms with van der Waals surface area (Å²) in [4.78, 5) is 10.6. The smallest absolute Gasteiger partial charge is 0.292 e. The van der Waals surface area contributed by atoms with E-state index in [0.717, 1.165) is 5.56 Å². The van der Waals surface area contributed by atoms with E-state index in [1.807, 2.05) is 13.0 Å². The first-order valence-corrected chi connectivity index (χ1v) is 5.59. The Labute approximate surface area is 94.8 Å². The molecule has 1 unspecified atom stereocenters. The Morgan fingerprint density at radius 3 is 2.75 bits per heavy atom. The molecule has 0 aromatic heterocycles. The molecule has 0 heterocycles. The fourth-order valence-corrected chi connectivity index (χ4v) is 1.87. The van der Waals surface area contributed by atoms with Crippen LogP contribution < -0.4 is 5.32 Å². The SMILES string of the molecule is Cc1ccc(NC(C)C2CC2)c([N+](=O)[O-])c1. The lowest BCUT2D eigenvalue weighted by atomic mass is 10.1. The Morgan fingerprint density at radius 1 is 1.50 bits per heavy atom. The topological polar surface area (TPSA) is 55.2 Å². The summed E-state index contributed by atoms with van der Waals surface area (Å²) >= 11 is 0. The molecule has 4 nitrogen and oxygen atoms in total. The van der Waals surface area contributed by atoms with Crippen LogP contribution >= 0.6 is 0 Å². The van der Waals surface area contributed by atoms with E-state index in [1.165, 1.54) is 12.8 Å². The molecule has 16 heavy (non-hydrogen) atoms. The van der Waals surface area contributed by atoms with Gasteiger partial charge in [-0.3, -0.25) is 10.1 Å². The number of benzene rings is 1. The number of anilines is 1. The molecule has 0 saturated heterocycles. The molecule has 1 N–H and O–H groups in total. The summed E-state index contributed by atoms with van der Waals surface area (Å²) in [6.07, 6.45) is 2.46. The standard InChI is InChI=1S/C12H16N2O2/c1-8-3-6-11(12(7-8)14(15)16)13-9(2)10-4-5-10/h3,6-7,9-10,13H,4-5H2,1-2H3. The van der Waals surface area contributed by atoms with Crippen LogP contribution in [-0.2, 0) is 0 Å². The van der Waals surface area contributed by atoms with Crippen molar-refractivity contribution in [3.05, 3.63) is 33.9 Å². The van der Waals surface area contributed by atoms with Crippen molar-refractivity contribution >= 4 is 11.4 Å². The van der Waals surface area contributed by atoms with Crippen LogP contribution in [0.25, 0.3) is 0 Å². The first kappa shape index (κ1) is 10.9. The van der Waals surface area contributed by atoms with Crippen molar-refractivity contribution in [2.45, 2.75) is 32.7 Å². The minimum absolute atomic E-state index is 0.174. The molecule has 0 spiro atoms. The van der Waals surface area contributed by atoms with E-state index in [9.17, 15) is 10.1 Å². The zero-order valence-electron chi connectivity index (χ0n) is 9.56. The normalized spacial score (nSPS) is 16.9. The summed E-state index contributed by atoms with van der Waals surface area (Å²) < 4.78 is 0. The Bertz CT molecular complexity index is 413. The quantitative estimate of drug-likeness (QED) is 0.626. The molecule has 2 rings (SSSR count). The van der Waals surface area contributed by atoms with E-state index in [-0.39, 0.29) is 10.6 Å². The van der Waals surface area contributed by atoms with E-state index in [4.69, 9.17) is 0 Å². The predicted octanol–water partition coefficient (Wildman–Crippen LogP) is 3.11. The molecule has 86 valence electrons. The van der Waals surface area contributed by atoms with Gasteiger partial charge in [-0.25, -0.2) is 0 Å². The highest BCUT2D eigenvalue weighted by Gasteiger charge is 2.29. The van der Waals surface area contributed by atoms with Gasteiger partial charge in [-0.05, 0) is 44.2 Å². The lowest BCUT2D eigenvalue weighted by molar-refractivity contribution is -0.384. The predicted molar refractivity (Wildman–Crippen MR) is 63.6 cm³/mol. The second-order valence-electron chi connectivity index (χ2n) is 4.55. The van der Waals surface area contributed by atoms with Gasteiger partial charge in [0.15, 0.2) is 0 Å². The Morgan fingerprint density at radius 2 is 2.19 bits per heavy atom. The Hall–Kier alpha value is -1.58. The molecule has 0 amide bonds. The average molecular weight is 220 g/mol. The van der Waals surface area contributed by atoms with Crippen molar-refractivity contribution in [3.63, 3.8) is 0 Å². The summed E-state index contributed by atoms with van der Waals surface area (Å²) in [6, 6.07) is 5.63. The molecule has 4 heteroatoms. The molecule has 1 aliphatic carbocycles. The van der Waals surface area contributed by atoms with Crippen LogP contribution in [0.1, 0.15) is 25.3 Å². The fourth-order valence-electron chi connectivity index (χ4n) is 1.87. The molecule has 1 saturated carbocycles. The number of hydrogen-bond donors (Lipinski definition) is 1. The molecule has 0 aliphatic heterocycles. The van der Waals surface area contributed by atoms with Gasteiger partial charge in [0.1, 0.15) is 5.69 Å². The van der Waals surface area contributed by atoms with Gasteiger partial charge in [-0.2, -0.15) is 0 Å². The molecule has 1 fully saturated rings. The maximum atomic E-state index is 10.9. The zero-order valence-corrected chi connectivity index (χ0v) is 9.56. The number of nitro groups is 1. The van der Waals surface area contributed by atoms with Crippen LogP contribution in [0.3, 0.4) is 0 Å². The van der Waals surface area contributed by atoms with Gasteiger partial charge in [0.25, 0.3) is 5.69 Å². The summed E-state index contributed by atoms with van der Waals surface area (Å²) in [6.45, 7) is 3.95. The zero-order chi connectivity index (χ0) is 11.7. The second-order valence-corrected chi connectivity index (χ2v) is 4.55. The van der Waals surface area contributed by atoms with E-state index in [0.29, 0.717) is 17.6 Å². The van der Waals surface area contributed by atoms with Gasteiger partial charge in [0.05, 0.1) is 4.92 Å². The number of rotatable bonds is 4. The molecule has 0 bridgehead atoms. The molecule has 1 aromatic carbocycles. The minimum atomic E-state index is -0.324. The van der Waals surface area contributed by atoms with Gasteiger partial charge in [0.2, 0.25) is 0 Å². The van der Waals surface area contributed by atoms with Gasteiger partial charge in [0, 0.05) is 12.1 Å². The highest BCUT2D eigenvalue weighted by Crippen LogP contribution is 2.35. The summed E-state index contributed by atoms with van der Waals surface area (Å²) in [5, 5.41) is 14.1. The molecule has 0 radical (unpaired) electrons. The van der Waals surface area contributed by atoms with Crippen LogP contribution in [0.5, 0.6) is 0 Å².